The van der Waals surface area contributed by atoms with Crippen molar-refractivity contribution in [3.05, 3.63) is 70.8 Å². The average molecular weight is 611 g/mol. The van der Waals surface area contributed by atoms with Crippen LogP contribution in [0.5, 0.6) is 5.75 Å². The molecule has 1 aliphatic carbocycles. The number of carbonyl (C=O) groups excluding carboxylic acids is 1. The predicted molar refractivity (Wildman–Crippen MR) is 165 cm³/mol. The second-order valence-corrected chi connectivity index (χ2v) is 13.5. The molecule has 0 spiro atoms. The van der Waals surface area contributed by atoms with E-state index in [9.17, 15) is 18.5 Å². The Labute approximate surface area is 255 Å². The molecule has 2 aromatic rings. The summed E-state index contributed by atoms with van der Waals surface area (Å²) in [6.07, 6.45) is 4.36. The van der Waals surface area contributed by atoms with Crippen LogP contribution < -0.4 is 4.74 Å². The van der Waals surface area contributed by atoms with Gasteiger partial charge in [0.1, 0.15) is 5.75 Å². The topological polar surface area (TPSA) is 112 Å². The van der Waals surface area contributed by atoms with Crippen LogP contribution in [0.3, 0.4) is 0 Å². The molecule has 4 rings (SSSR count). The molecule has 0 bridgehead atoms. The van der Waals surface area contributed by atoms with E-state index in [1.807, 2.05) is 44.2 Å². The first-order chi connectivity index (χ1) is 20.5. The molecule has 1 aliphatic heterocycles. The van der Waals surface area contributed by atoms with Gasteiger partial charge in [-0.3, -0.25) is 4.90 Å². The zero-order valence-electron chi connectivity index (χ0n) is 25.8. The van der Waals surface area contributed by atoms with Crippen LogP contribution in [-0.4, -0.2) is 87.2 Å². The predicted octanol–water partition coefficient (Wildman–Crippen LogP) is 4.73. The first kappa shape index (κ1) is 32.5. The van der Waals surface area contributed by atoms with E-state index in [1.54, 1.807) is 24.1 Å². The number of amides is 1. The summed E-state index contributed by atoms with van der Waals surface area (Å²) in [5.74, 6) is 0.683. The molecule has 1 heterocycles. The van der Waals surface area contributed by atoms with Crippen LogP contribution in [0, 0.1) is 18.3 Å². The number of aryl methyl sites for hydroxylation is 1. The summed E-state index contributed by atoms with van der Waals surface area (Å²) in [5, 5.41) is 9.25. The summed E-state index contributed by atoms with van der Waals surface area (Å²) in [7, 11) is 2.08. The lowest BCUT2D eigenvalue weighted by atomic mass is 9.90. The zero-order chi connectivity index (χ0) is 31.3. The third-order valence-corrected chi connectivity index (χ3v) is 10.4. The number of ether oxygens (including phenoxy) is 3. The van der Waals surface area contributed by atoms with Crippen molar-refractivity contribution in [3.63, 3.8) is 0 Å². The van der Waals surface area contributed by atoms with Crippen molar-refractivity contribution in [1.29, 1.82) is 5.26 Å². The number of hydrogen-bond acceptors (Lipinski definition) is 7. The summed E-state index contributed by atoms with van der Waals surface area (Å²) >= 11 is 0. The smallest absolute Gasteiger partial charge is 0.410 e. The molecule has 2 aliphatic rings. The molecule has 0 radical (unpaired) electrons. The molecule has 43 heavy (non-hydrogen) atoms. The normalized spacial score (nSPS) is 22.4. The van der Waals surface area contributed by atoms with Gasteiger partial charge >= 0.3 is 6.09 Å². The summed E-state index contributed by atoms with van der Waals surface area (Å²) in [4.78, 5) is 14.6. The van der Waals surface area contributed by atoms with Gasteiger partial charge in [0.15, 0.2) is 0 Å². The molecule has 0 N–H and O–H groups in total. The van der Waals surface area contributed by atoms with E-state index in [1.165, 1.54) is 35.4 Å². The van der Waals surface area contributed by atoms with E-state index in [2.05, 4.69) is 12.1 Å². The molecule has 1 saturated heterocycles. The quantitative estimate of drug-likeness (QED) is 0.382. The third-order valence-electron chi connectivity index (χ3n) is 8.45. The Hall–Kier alpha value is -3.43. The molecule has 0 saturated carbocycles. The minimum absolute atomic E-state index is 0.0697. The summed E-state index contributed by atoms with van der Waals surface area (Å²) in [6.45, 7) is 4.16. The number of rotatable bonds is 10. The fourth-order valence-corrected chi connectivity index (χ4v) is 7.29. The van der Waals surface area contributed by atoms with Gasteiger partial charge in [0.2, 0.25) is 0 Å². The Bertz CT molecular complexity index is 1470. The molecule has 10 nitrogen and oxygen atoms in total. The number of likely N-dealkylation sites (tertiary alicyclic amines) is 1. The maximum atomic E-state index is 13.7. The van der Waals surface area contributed by atoms with E-state index in [0.717, 1.165) is 29.5 Å². The van der Waals surface area contributed by atoms with Crippen molar-refractivity contribution >= 4 is 21.9 Å². The maximum absolute atomic E-state index is 13.7. The van der Waals surface area contributed by atoms with Gasteiger partial charge in [-0.15, -0.1) is 0 Å². The Morgan fingerprint density at radius 3 is 2.42 bits per heavy atom. The van der Waals surface area contributed by atoms with E-state index in [0.29, 0.717) is 24.2 Å². The number of benzene rings is 2. The van der Waals surface area contributed by atoms with Crippen LogP contribution in [-0.2, 0) is 26.2 Å². The van der Waals surface area contributed by atoms with Gasteiger partial charge in [-0.2, -0.15) is 22.3 Å². The van der Waals surface area contributed by atoms with E-state index in [4.69, 9.17) is 14.2 Å². The van der Waals surface area contributed by atoms with Crippen molar-refractivity contribution in [2.75, 3.05) is 34.9 Å². The lowest BCUT2D eigenvalue weighted by Gasteiger charge is -2.36. The third kappa shape index (κ3) is 7.21. The molecule has 4 atom stereocenters. The molecular formula is C32H42N4O6S. The van der Waals surface area contributed by atoms with E-state index < -0.39 is 28.4 Å². The summed E-state index contributed by atoms with van der Waals surface area (Å²) < 4.78 is 46.9. The molecule has 2 aromatic carbocycles. The van der Waals surface area contributed by atoms with Crippen LogP contribution in [0.25, 0.3) is 5.57 Å². The Kier molecular flexibility index (Phi) is 10.5. The number of carbonyl (C=O) groups is 1. The minimum Gasteiger partial charge on any atom is -0.497 e. The first-order valence-corrected chi connectivity index (χ1v) is 15.9. The fourth-order valence-electron chi connectivity index (χ4n) is 5.99. The number of methoxy groups -OCH3 is 2. The number of allylic oxidation sites excluding steroid dienone is 1. The first-order valence-electron chi connectivity index (χ1n) is 14.5. The van der Waals surface area contributed by atoms with Crippen molar-refractivity contribution in [1.82, 2.24) is 13.5 Å². The summed E-state index contributed by atoms with van der Waals surface area (Å²) in [5.41, 5.74) is 4.76. The summed E-state index contributed by atoms with van der Waals surface area (Å²) in [6, 6.07) is 14.1. The average Bonchev–Trinajstić information content (AvgIpc) is 3.33. The number of hydrogen-bond donors (Lipinski definition) is 0. The molecule has 1 unspecified atom stereocenters. The second-order valence-electron chi connectivity index (χ2n) is 11.4. The number of nitrogens with zero attached hydrogens (tertiary/aromatic N) is 4. The standard InChI is InChI=1S/C32H42N4O6S/c1-22-17-26(9-10-27(22)19-33)25-11-15-29(16-12-25)42-21-31-30(18-23(2)36(31)32(37)41-6)35(43(38,39)34(3)4)20-24-7-13-28(40-5)14-8-24/h7-11,13-14,17,23,29-31H,12,15-16,18,20-21H2,1-6H3/t23-,29?,30+,31+/m1/s1. The maximum Gasteiger partial charge on any atom is 0.410 e. The van der Waals surface area contributed by atoms with E-state index >= 15 is 0 Å². The van der Waals surface area contributed by atoms with Crippen molar-refractivity contribution < 1.29 is 27.4 Å². The molecular weight excluding hydrogens is 568 g/mol. The van der Waals surface area contributed by atoms with Crippen molar-refractivity contribution in [2.24, 2.45) is 0 Å². The van der Waals surface area contributed by atoms with Gasteiger partial charge in [0, 0.05) is 26.7 Å². The molecule has 11 heteroatoms. The van der Waals surface area contributed by atoms with Crippen LogP contribution in [0.1, 0.15) is 54.9 Å². The van der Waals surface area contributed by atoms with Crippen LogP contribution >= 0.6 is 0 Å². The highest BCUT2D eigenvalue weighted by molar-refractivity contribution is 7.86. The second kappa shape index (κ2) is 13.9. The van der Waals surface area contributed by atoms with Gasteiger partial charge in [-0.1, -0.05) is 30.3 Å². The van der Waals surface area contributed by atoms with Gasteiger partial charge < -0.3 is 14.2 Å². The van der Waals surface area contributed by atoms with Crippen LogP contribution in [0.15, 0.2) is 48.5 Å². The molecule has 0 aromatic heterocycles. The lowest BCUT2D eigenvalue weighted by molar-refractivity contribution is 0.000117. The van der Waals surface area contributed by atoms with Gasteiger partial charge in [-0.25, -0.2) is 4.79 Å². The Morgan fingerprint density at radius 1 is 1.14 bits per heavy atom. The van der Waals surface area contributed by atoms with Crippen molar-refractivity contribution in [2.45, 2.75) is 70.3 Å². The SMILES string of the molecule is COC(=O)N1[C@H](C)C[C@H](N(Cc2ccc(OC)cc2)S(=O)(=O)N(C)C)[C@@H]1COC1CC=C(c2ccc(C#N)c(C)c2)CC1. The van der Waals surface area contributed by atoms with Gasteiger partial charge in [0.25, 0.3) is 10.2 Å². The van der Waals surface area contributed by atoms with E-state index in [-0.39, 0.29) is 25.3 Å². The highest BCUT2D eigenvalue weighted by atomic mass is 32.2. The molecule has 232 valence electrons. The monoisotopic (exact) mass is 610 g/mol. The fraction of sp³-hybridized carbons (Fsp3) is 0.500. The Balaban J connectivity index is 1.56. The molecule has 1 fully saturated rings. The number of nitriles is 1. The highest BCUT2D eigenvalue weighted by Crippen LogP contribution is 2.35. The molecule has 1 amide bonds. The minimum atomic E-state index is -3.87. The highest BCUT2D eigenvalue weighted by Gasteiger charge is 2.49. The largest absolute Gasteiger partial charge is 0.497 e. The van der Waals surface area contributed by atoms with Gasteiger partial charge in [-0.05, 0) is 80.0 Å². The van der Waals surface area contributed by atoms with Gasteiger partial charge in [0.05, 0.1) is 50.6 Å². The van der Waals surface area contributed by atoms with Crippen molar-refractivity contribution in [3.8, 4) is 11.8 Å². The lowest BCUT2D eigenvalue weighted by Crippen LogP contribution is -2.53. The Morgan fingerprint density at radius 2 is 1.86 bits per heavy atom. The zero-order valence-corrected chi connectivity index (χ0v) is 26.6. The van der Waals surface area contributed by atoms with Crippen LogP contribution in [0.2, 0.25) is 0 Å². The van der Waals surface area contributed by atoms with Crippen LogP contribution in [0.4, 0.5) is 4.79 Å².